The van der Waals surface area contributed by atoms with E-state index in [0.717, 1.165) is 30.8 Å². The molecule has 2 aromatic heterocycles. The van der Waals surface area contributed by atoms with E-state index in [4.69, 9.17) is 4.98 Å². The van der Waals surface area contributed by atoms with Crippen molar-refractivity contribution < 1.29 is 26.4 Å². The summed E-state index contributed by atoms with van der Waals surface area (Å²) >= 11 is 0. The number of carbonyl (C=O) groups is 1. The van der Waals surface area contributed by atoms with E-state index >= 15 is 0 Å². The summed E-state index contributed by atoms with van der Waals surface area (Å²) in [5.41, 5.74) is 2.95. The monoisotopic (exact) mass is 566 g/mol. The maximum absolute atomic E-state index is 13.1. The second kappa shape index (κ2) is 11.9. The van der Waals surface area contributed by atoms with Crippen molar-refractivity contribution in [3.63, 3.8) is 0 Å². The molecule has 214 valence electrons. The van der Waals surface area contributed by atoms with Gasteiger partial charge in [-0.05, 0) is 67.7 Å². The summed E-state index contributed by atoms with van der Waals surface area (Å²) in [6, 6.07) is 5.01. The summed E-state index contributed by atoms with van der Waals surface area (Å²) in [6.07, 6.45) is 1.11. The molecule has 39 heavy (non-hydrogen) atoms. The molecule has 0 spiro atoms. The second-order valence-corrected chi connectivity index (χ2v) is 13.3. The number of hydrogen-bond donors (Lipinski definition) is 1. The molecule has 1 atom stereocenters. The number of carbonyl (C=O) groups excluding carboxylic acids is 1. The van der Waals surface area contributed by atoms with Gasteiger partial charge in [-0.3, -0.25) is 19.7 Å². The Morgan fingerprint density at radius 3 is 2.44 bits per heavy atom. The van der Waals surface area contributed by atoms with Crippen molar-refractivity contribution in [2.45, 2.75) is 76.5 Å². The van der Waals surface area contributed by atoms with Crippen LogP contribution in [0.1, 0.15) is 79.8 Å². The molecular formula is C28H37F3N4O3S. The quantitative estimate of drug-likeness (QED) is 0.477. The van der Waals surface area contributed by atoms with Crippen molar-refractivity contribution in [3.8, 4) is 0 Å². The van der Waals surface area contributed by atoms with Crippen molar-refractivity contribution >= 4 is 15.7 Å². The number of halogens is 3. The fourth-order valence-electron chi connectivity index (χ4n) is 5.77. The maximum atomic E-state index is 13.1. The molecule has 3 heterocycles. The molecule has 4 rings (SSSR count). The first kappa shape index (κ1) is 29.5. The first-order chi connectivity index (χ1) is 18.4. The number of hydrogen-bond acceptors (Lipinski definition) is 6. The van der Waals surface area contributed by atoms with Crippen LogP contribution >= 0.6 is 0 Å². The van der Waals surface area contributed by atoms with Crippen molar-refractivity contribution in [1.29, 1.82) is 0 Å². The van der Waals surface area contributed by atoms with Crippen LogP contribution in [0.2, 0.25) is 0 Å². The van der Waals surface area contributed by atoms with Gasteiger partial charge in [0.1, 0.15) is 0 Å². The highest BCUT2D eigenvalue weighted by Crippen LogP contribution is 2.41. The van der Waals surface area contributed by atoms with Gasteiger partial charge in [0.25, 0.3) is 5.91 Å². The van der Waals surface area contributed by atoms with Crippen LogP contribution in [0.4, 0.5) is 13.2 Å². The molecule has 1 aliphatic heterocycles. The van der Waals surface area contributed by atoms with Crippen LogP contribution in [0.5, 0.6) is 0 Å². The highest BCUT2D eigenvalue weighted by atomic mass is 32.2. The van der Waals surface area contributed by atoms with Crippen LogP contribution in [0.15, 0.2) is 35.5 Å². The third-order valence-electron chi connectivity index (χ3n) is 8.01. The topological polar surface area (TPSA) is 92.3 Å². The van der Waals surface area contributed by atoms with Crippen LogP contribution in [0.3, 0.4) is 0 Å². The first-order valence-electron chi connectivity index (χ1n) is 13.6. The van der Waals surface area contributed by atoms with E-state index in [9.17, 15) is 26.4 Å². The van der Waals surface area contributed by atoms with Crippen molar-refractivity contribution in [2.24, 2.45) is 17.8 Å². The lowest BCUT2D eigenvalue weighted by molar-refractivity contribution is -0.184. The van der Waals surface area contributed by atoms with E-state index < -0.39 is 21.9 Å². The lowest BCUT2D eigenvalue weighted by Crippen LogP contribution is -2.42. The van der Waals surface area contributed by atoms with Gasteiger partial charge >= 0.3 is 6.18 Å². The Kier molecular flexibility index (Phi) is 9.00. The minimum absolute atomic E-state index is 0.00548. The lowest BCUT2D eigenvalue weighted by atomic mass is 9.80. The smallest absolute Gasteiger partial charge is 0.346 e. The molecule has 1 aliphatic carbocycles. The van der Waals surface area contributed by atoms with Crippen LogP contribution in [-0.4, -0.2) is 54.2 Å². The summed E-state index contributed by atoms with van der Waals surface area (Å²) in [6.45, 7) is 7.52. The van der Waals surface area contributed by atoms with Gasteiger partial charge in [0.05, 0.1) is 46.1 Å². The van der Waals surface area contributed by atoms with Gasteiger partial charge in [-0.15, -0.1) is 0 Å². The number of sulfone groups is 1. The lowest BCUT2D eigenvalue weighted by Gasteiger charge is -2.42. The SMILES string of the molecule is CCS(=O)(=O)c1ccc(CNC(=O)c2cnc3c(c2)CCN(CC2CCC(C(F)(F)F)CC2)[C@H]3C(C)C)nc1. The molecule has 7 nitrogen and oxygen atoms in total. The molecule has 0 unspecified atom stereocenters. The van der Waals surface area contributed by atoms with Crippen LogP contribution in [-0.2, 0) is 22.8 Å². The van der Waals surface area contributed by atoms with Gasteiger partial charge < -0.3 is 5.32 Å². The number of fused-ring (bicyclic) bond motifs is 1. The molecule has 0 radical (unpaired) electrons. The number of nitrogens with one attached hydrogen (secondary N) is 1. The number of aromatic nitrogens is 2. The number of pyridine rings is 2. The van der Waals surface area contributed by atoms with Gasteiger partial charge in [-0.1, -0.05) is 20.8 Å². The Hall–Kier alpha value is -2.53. The Balaban J connectivity index is 1.39. The van der Waals surface area contributed by atoms with E-state index in [2.05, 4.69) is 29.0 Å². The molecule has 1 saturated carbocycles. The Labute approximate surface area is 228 Å². The molecule has 11 heteroatoms. The Morgan fingerprint density at radius 1 is 1.13 bits per heavy atom. The van der Waals surface area contributed by atoms with Crippen molar-refractivity contribution in [3.05, 3.63) is 53.1 Å². The molecule has 0 aromatic carbocycles. The normalized spacial score (nSPS) is 22.5. The zero-order valence-electron chi connectivity index (χ0n) is 22.7. The predicted molar refractivity (Wildman–Crippen MR) is 142 cm³/mol. The minimum atomic E-state index is -4.09. The van der Waals surface area contributed by atoms with Crippen LogP contribution in [0.25, 0.3) is 0 Å². The van der Waals surface area contributed by atoms with Gasteiger partial charge in [-0.2, -0.15) is 13.2 Å². The highest BCUT2D eigenvalue weighted by Gasteiger charge is 2.42. The zero-order chi connectivity index (χ0) is 28.4. The van der Waals surface area contributed by atoms with Crippen LogP contribution in [0, 0.1) is 17.8 Å². The molecule has 2 aromatic rings. The van der Waals surface area contributed by atoms with Gasteiger partial charge in [0, 0.05) is 25.5 Å². The summed E-state index contributed by atoms with van der Waals surface area (Å²) < 4.78 is 63.1. The fraction of sp³-hybridized carbons (Fsp3) is 0.607. The first-order valence-corrected chi connectivity index (χ1v) is 15.3. The van der Waals surface area contributed by atoms with Gasteiger partial charge in [0.2, 0.25) is 0 Å². The molecule has 0 saturated heterocycles. The van der Waals surface area contributed by atoms with Crippen LogP contribution < -0.4 is 5.32 Å². The molecular weight excluding hydrogens is 529 g/mol. The summed E-state index contributed by atoms with van der Waals surface area (Å²) in [5.74, 6) is -0.957. The van der Waals surface area contributed by atoms with Crippen molar-refractivity contribution in [2.75, 3.05) is 18.8 Å². The Bertz CT molecular complexity index is 1260. The average Bonchev–Trinajstić information content (AvgIpc) is 2.91. The number of alkyl halides is 3. The molecule has 1 fully saturated rings. The molecule has 0 bridgehead atoms. The predicted octanol–water partition coefficient (Wildman–Crippen LogP) is 5.12. The summed E-state index contributed by atoms with van der Waals surface area (Å²) in [4.78, 5) is 24.2. The maximum Gasteiger partial charge on any atom is 0.391 e. The Morgan fingerprint density at radius 2 is 1.85 bits per heavy atom. The van der Waals surface area contributed by atoms with Gasteiger partial charge in [0.15, 0.2) is 9.84 Å². The summed E-state index contributed by atoms with van der Waals surface area (Å²) in [7, 11) is -3.33. The fourth-order valence-corrected chi connectivity index (χ4v) is 6.59. The highest BCUT2D eigenvalue weighted by molar-refractivity contribution is 7.91. The van der Waals surface area contributed by atoms with E-state index in [-0.39, 0.29) is 53.8 Å². The standard InChI is InChI=1S/C28H37F3N4O3S/c1-4-39(37,38)24-10-9-23(32-16-24)15-34-27(36)21-13-20-11-12-35(26(18(2)3)25(20)33-14-21)17-19-5-7-22(8-6-19)28(29,30)31/h9-10,13-14,16,18-19,22,26H,4-8,11-12,15,17H2,1-3H3,(H,34,36)/t19?,22?,26-/m0/s1. The molecule has 1 N–H and O–H groups in total. The van der Waals surface area contributed by atoms with Gasteiger partial charge in [-0.25, -0.2) is 8.42 Å². The largest absolute Gasteiger partial charge is 0.391 e. The molecule has 1 amide bonds. The summed E-state index contributed by atoms with van der Waals surface area (Å²) in [5, 5.41) is 2.82. The van der Waals surface area contributed by atoms with E-state index in [0.29, 0.717) is 24.1 Å². The minimum Gasteiger partial charge on any atom is -0.346 e. The number of amides is 1. The van der Waals surface area contributed by atoms with E-state index in [1.165, 1.54) is 12.3 Å². The van der Waals surface area contributed by atoms with E-state index in [1.54, 1.807) is 19.2 Å². The average molecular weight is 567 g/mol. The zero-order valence-corrected chi connectivity index (χ0v) is 23.5. The molecule has 2 aliphatic rings. The van der Waals surface area contributed by atoms with Crippen molar-refractivity contribution in [1.82, 2.24) is 20.2 Å². The number of rotatable bonds is 8. The number of nitrogens with zero attached hydrogens (tertiary/aromatic N) is 3. The third-order valence-corrected chi connectivity index (χ3v) is 9.73. The second-order valence-electron chi connectivity index (χ2n) is 11.0. The third kappa shape index (κ3) is 6.98. The van der Waals surface area contributed by atoms with E-state index in [1.807, 2.05) is 6.07 Å².